The van der Waals surface area contributed by atoms with Gasteiger partial charge in [-0.2, -0.15) is 0 Å². The Morgan fingerprint density at radius 3 is 2.00 bits per heavy atom. The number of rotatable bonds is 18. The lowest BCUT2D eigenvalue weighted by atomic mass is 10.1. The molecule has 0 aliphatic heterocycles. The molecule has 0 aliphatic carbocycles. The van der Waals surface area contributed by atoms with E-state index >= 15 is 0 Å². The van der Waals surface area contributed by atoms with Gasteiger partial charge in [0.25, 0.3) is 0 Å². The van der Waals surface area contributed by atoms with Crippen molar-refractivity contribution in [2.45, 2.75) is 24.7 Å². The van der Waals surface area contributed by atoms with Crippen LogP contribution in [0.1, 0.15) is 19.8 Å². The zero-order valence-electron chi connectivity index (χ0n) is 20.1. The molecule has 33 heavy (non-hydrogen) atoms. The summed E-state index contributed by atoms with van der Waals surface area (Å²) >= 11 is 0. The molecule has 0 aliphatic rings. The van der Waals surface area contributed by atoms with Gasteiger partial charge < -0.3 is 24.4 Å². The number of hydrogen-bond acceptors (Lipinski definition) is 7. The maximum absolute atomic E-state index is 12.9. The van der Waals surface area contributed by atoms with Crippen molar-refractivity contribution in [3.05, 3.63) is 36.4 Å². The highest BCUT2D eigenvalue weighted by Crippen LogP contribution is 2.30. The number of benzene rings is 2. The number of fused-ring (bicyclic) bond motifs is 1. The summed E-state index contributed by atoms with van der Waals surface area (Å²) in [6.07, 6.45) is 1.58. The van der Waals surface area contributed by atoms with Crippen molar-refractivity contribution < 1.29 is 22.6 Å². The highest BCUT2D eigenvalue weighted by Gasteiger charge is 2.17. The van der Waals surface area contributed by atoms with Gasteiger partial charge in [0, 0.05) is 50.3 Å². The van der Waals surface area contributed by atoms with Gasteiger partial charge in [0.05, 0.1) is 31.3 Å². The Bertz CT molecular complexity index is 921. The van der Waals surface area contributed by atoms with Crippen molar-refractivity contribution in [1.29, 1.82) is 0 Å². The number of hydrogen-bond donors (Lipinski definition) is 2. The molecule has 0 saturated carbocycles. The summed E-state index contributed by atoms with van der Waals surface area (Å²) in [5.74, 6) is 0. The van der Waals surface area contributed by atoms with Crippen LogP contribution >= 0.6 is 0 Å². The fourth-order valence-electron chi connectivity index (χ4n) is 3.37. The molecule has 186 valence electrons. The van der Waals surface area contributed by atoms with Gasteiger partial charge in [0.1, 0.15) is 0 Å². The van der Waals surface area contributed by atoms with E-state index in [4.69, 9.17) is 14.2 Å². The van der Waals surface area contributed by atoms with Gasteiger partial charge >= 0.3 is 0 Å². The Balaban J connectivity index is 1.62. The second-order valence-electron chi connectivity index (χ2n) is 7.82. The molecule has 0 fully saturated rings. The number of nitrogens with one attached hydrogen (secondary N) is 2. The summed E-state index contributed by atoms with van der Waals surface area (Å²) in [5.41, 5.74) is 0.982. The maximum Gasteiger partial charge on any atom is 0.241 e. The zero-order valence-corrected chi connectivity index (χ0v) is 21.0. The lowest BCUT2D eigenvalue weighted by Crippen LogP contribution is -2.26. The molecule has 9 heteroatoms. The smallest absolute Gasteiger partial charge is 0.241 e. The first-order valence-corrected chi connectivity index (χ1v) is 13.1. The van der Waals surface area contributed by atoms with Gasteiger partial charge in [-0.05, 0) is 38.1 Å². The van der Waals surface area contributed by atoms with Gasteiger partial charge in [-0.15, -0.1) is 0 Å². The Labute approximate surface area is 198 Å². The Morgan fingerprint density at radius 2 is 1.36 bits per heavy atom. The average Bonchev–Trinajstić information content (AvgIpc) is 2.80. The number of sulfonamides is 1. The second kappa shape index (κ2) is 15.2. The number of ether oxygens (including phenoxy) is 3. The van der Waals surface area contributed by atoms with Crippen LogP contribution in [0.5, 0.6) is 0 Å². The van der Waals surface area contributed by atoms with Gasteiger partial charge in [-0.3, -0.25) is 0 Å². The Morgan fingerprint density at radius 1 is 0.788 bits per heavy atom. The highest BCUT2D eigenvalue weighted by molar-refractivity contribution is 7.89. The molecule has 8 nitrogen and oxygen atoms in total. The molecule has 0 unspecified atom stereocenters. The normalized spacial score (nSPS) is 11.8. The lowest BCUT2D eigenvalue weighted by Gasteiger charge is -2.17. The van der Waals surface area contributed by atoms with Crippen LogP contribution in [0.25, 0.3) is 10.8 Å². The summed E-state index contributed by atoms with van der Waals surface area (Å²) in [6, 6.07) is 11.1. The Hall–Kier alpha value is -1.75. The largest absolute Gasteiger partial charge is 0.379 e. The standard InChI is InChI=1S/C24H39N3O5S/c1-4-25-13-7-15-30-17-19-32-20-18-31-16-8-14-26-33(28,29)24-12-6-9-21-22(24)10-5-11-23(21)27(2)3/h5-6,9-12,25-26H,4,7-8,13-20H2,1-3H3. The van der Waals surface area contributed by atoms with Crippen LogP contribution in [0, 0.1) is 0 Å². The molecule has 0 bridgehead atoms. The first-order chi connectivity index (χ1) is 16.0. The molecular weight excluding hydrogens is 442 g/mol. The lowest BCUT2D eigenvalue weighted by molar-refractivity contribution is 0.0140. The predicted molar refractivity (Wildman–Crippen MR) is 134 cm³/mol. The molecule has 2 aromatic carbocycles. The fraction of sp³-hybridized carbons (Fsp3) is 0.583. The zero-order chi connectivity index (χ0) is 23.9. The minimum atomic E-state index is -3.61. The molecule has 2 aromatic rings. The quantitative estimate of drug-likeness (QED) is 0.316. The summed E-state index contributed by atoms with van der Waals surface area (Å²) in [4.78, 5) is 2.27. The van der Waals surface area contributed by atoms with Crippen molar-refractivity contribution in [2.24, 2.45) is 0 Å². The number of anilines is 1. The SMILES string of the molecule is CCNCCCOCCOCCOCCCNS(=O)(=O)c1cccc2c(N(C)C)cccc12. The minimum Gasteiger partial charge on any atom is -0.379 e. The van der Waals surface area contributed by atoms with E-state index in [0.29, 0.717) is 56.3 Å². The van der Waals surface area contributed by atoms with E-state index in [1.165, 1.54) is 0 Å². The molecule has 0 aromatic heterocycles. The maximum atomic E-state index is 12.9. The summed E-state index contributed by atoms with van der Waals surface area (Å²) in [7, 11) is 0.276. The molecule has 0 radical (unpaired) electrons. The van der Waals surface area contributed by atoms with Crippen LogP contribution in [0.15, 0.2) is 41.3 Å². The van der Waals surface area contributed by atoms with Crippen LogP contribution in [0.3, 0.4) is 0 Å². The van der Waals surface area contributed by atoms with Crippen LogP contribution in [0.2, 0.25) is 0 Å². The van der Waals surface area contributed by atoms with E-state index in [-0.39, 0.29) is 0 Å². The van der Waals surface area contributed by atoms with Crippen molar-refractivity contribution in [1.82, 2.24) is 10.0 Å². The molecule has 0 heterocycles. The summed E-state index contributed by atoms with van der Waals surface area (Å²) < 4.78 is 44.9. The van der Waals surface area contributed by atoms with E-state index in [2.05, 4.69) is 17.0 Å². The van der Waals surface area contributed by atoms with Crippen molar-refractivity contribution in [2.75, 3.05) is 78.3 Å². The van der Waals surface area contributed by atoms with Gasteiger partial charge in [-0.1, -0.05) is 31.2 Å². The van der Waals surface area contributed by atoms with Gasteiger partial charge in [0.2, 0.25) is 10.0 Å². The second-order valence-corrected chi connectivity index (χ2v) is 9.55. The third-order valence-corrected chi connectivity index (χ3v) is 6.54. The monoisotopic (exact) mass is 481 g/mol. The molecular formula is C24H39N3O5S. The first-order valence-electron chi connectivity index (χ1n) is 11.6. The highest BCUT2D eigenvalue weighted by atomic mass is 32.2. The first kappa shape index (κ1) is 27.5. The van der Waals surface area contributed by atoms with E-state index in [0.717, 1.165) is 37.2 Å². The van der Waals surface area contributed by atoms with Crippen molar-refractivity contribution in [3.8, 4) is 0 Å². The molecule has 0 amide bonds. The van der Waals surface area contributed by atoms with Crippen LogP contribution in [-0.2, 0) is 24.2 Å². The molecule has 0 atom stereocenters. The van der Waals surface area contributed by atoms with E-state index in [9.17, 15) is 8.42 Å². The third kappa shape index (κ3) is 9.56. The number of nitrogens with zero attached hydrogens (tertiary/aromatic N) is 1. The van der Waals surface area contributed by atoms with E-state index in [1.54, 1.807) is 12.1 Å². The topological polar surface area (TPSA) is 89.1 Å². The van der Waals surface area contributed by atoms with Crippen LogP contribution < -0.4 is 14.9 Å². The van der Waals surface area contributed by atoms with Gasteiger partial charge in [0.15, 0.2) is 0 Å². The summed E-state index contributed by atoms with van der Waals surface area (Å²) in [5, 5.41) is 4.87. The Kier molecular flexibility index (Phi) is 12.7. The summed E-state index contributed by atoms with van der Waals surface area (Å²) in [6.45, 7) is 7.66. The predicted octanol–water partition coefficient (Wildman–Crippen LogP) is 2.62. The fourth-order valence-corrected chi connectivity index (χ4v) is 4.66. The molecule has 2 rings (SSSR count). The molecule has 2 N–H and O–H groups in total. The molecule has 0 saturated heterocycles. The van der Waals surface area contributed by atoms with E-state index in [1.807, 2.05) is 43.3 Å². The van der Waals surface area contributed by atoms with Gasteiger partial charge in [-0.25, -0.2) is 13.1 Å². The average molecular weight is 482 g/mol. The van der Waals surface area contributed by atoms with Crippen molar-refractivity contribution in [3.63, 3.8) is 0 Å². The minimum absolute atomic E-state index is 0.293. The van der Waals surface area contributed by atoms with Crippen LogP contribution in [-0.4, -0.2) is 81.8 Å². The van der Waals surface area contributed by atoms with Crippen LogP contribution in [0.4, 0.5) is 5.69 Å². The molecule has 0 spiro atoms. The van der Waals surface area contributed by atoms with Crippen molar-refractivity contribution >= 4 is 26.5 Å². The third-order valence-electron chi connectivity index (χ3n) is 5.02. The van der Waals surface area contributed by atoms with E-state index < -0.39 is 10.0 Å².